The van der Waals surface area contributed by atoms with Gasteiger partial charge in [0, 0.05) is 16.0 Å². The summed E-state index contributed by atoms with van der Waals surface area (Å²) < 4.78 is 32.3. The predicted octanol–water partition coefficient (Wildman–Crippen LogP) is 6.53. The number of halogens is 3. The fourth-order valence-corrected chi connectivity index (χ4v) is 5.19. The quantitative estimate of drug-likeness (QED) is 0.274. The molecule has 3 aromatic carbocycles. The lowest BCUT2D eigenvalue weighted by atomic mass is 10.1. The first-order valence-electron chi connectivity index (χ1n) is 10.6. The summed E-state index contributed by atoms with van der Waals surface area (Å²) in [6, 6.07) is 15.6. The molecule has 0 radical (unpaired) electrons. The molecule has 180 valence electrons. The van der Waals surface area contributed by atoms with E-state index in [1.165, 1.54) is 23.9 Å². The molecule has 0 saturated heterocycles. The molecule has 1 aromatic heterocycles. The van der Waals surface area contributed by atoms with E-state index in [9.17, 15) is 4.39 Å². The van der Waals surface area contributed by atoms with Crippen LogP contribution in [0.4, 0.5) is 4.39 Å². The van der Waals surface area contributed by atoms with Gasteiger partial charge in [-0.15, -0.1) is 10.2 Å². The average molecular weight is 541 g/mol. The maximum atomic E-state index is 14.5. The van der Waals surface area contributed by atoms with E-state index < -0.39 is 5.82 Å². The van der Waals surface area contributed by atoms with E-state index in [1.807, 2.05) is 48.5 Å². The molecule has 0 spiro atoms. The molecule has 0 fully saturated rings. The second-order valence-corrected chi connectivity index (χ2v) is 9.59. The molecule has 3 heterocycles. The van der Waals surface area contributed by atoms with Gasteiger partial charge in [0.15, 0.2) is 17.3 Å². The Morgan fingerprint density at radius 2 is 1.81 bits per heavy atom. The number of ether oxygens (including phenoxy) is 3. The predicted molar refractivity (Wildman–Crippen MR) is 137 cm³/mol. The van der Waals surface area contributed by atoms with Crippen LogP contribution in [0, 0.1) is 5.82 Å². The van der Waals surface area contributed by atoms with Crippen molar-refractivity contribution in [3.8, 4) is 28.6 Å². The summed E-state index contributed by atoms with van der Waals surface area (Å²) in [5, 5.41) is 14.2. The number of hydrogen-bond donors (Lipinski definition) is 0. The van der Waals surface area contributed by atoms with Crippen molar-refractivity contribution in [1.29, 1.82) is 0 Å². The number of rotatable bonds is 4. The monoisotopic (exact) mass is 540 g/mol. The number of aromatic nitrogens is 3. The Morgan fingerprint density at radius 3 is 2.61 bits per heavy atom. The van der Waals surface area contributed by atoms with Crippen LogP contribution < -0.4 is 14.2 Å². The summed E-state index contributed by atoms with van der Waals surface area (Å²) >= 11 is 13.8. The first-order chi connectivity index (χ1) is 17.5. The molecule has 0 atom stereocenters. The highest BCUT2D eigenvalue weighted by Crippen LogP contribution is 2.40. The van der Waals surface area contributed by atoms with Crippen molar-refractivity contribution in [3.63, 3.8) is 0 Å². The van der Waals surface area contributed by atoms with E-state index in [2.05, 4.69) is 10.2 Å². The fourth-order valence-electron chi connectivity index (χ4n) is 3.78. The van der Waals surface area contributed by atoms with Crippen molar-refractivity contribution in [3.05, 3.63) is 86.5 Å². The zero-order chi connectivity index (χ0) is 24.8. The lowest BCUT2D eigenvalue weighted by molar-refractivity contribution is 0.174. The topological polar surface area (TPSA) is 70.8 Å². The summed E-state index contributed by atoms with van der Waals surface area (Å²) in [6.45, 7) is 0.174. The van der Waals surface area contributed by atoms with Crippen molar-refractivity contribution in [2.45, 2.75) is 5.16 Å². The van der Waals surface area contributed by atoms with Gasteiger partial charge in [0.2, 0.25) is 11.9 Å². The lowest BCUT2D eigenvalue weighted by Crippen LogP contribution is -2.13. The number of methoxy groups -OCH3 is 1. The third-order valence-electron chi connectivity index (χ3n) is 5.55. The van der Waals surface area contributed by atoms with Crippen LogP contribution in [0.2, 0.25) is 10.0 Å². The smallest absolute Gasteiger partial charge is 0.231 e. The van der Waals surface area contributed by atoms with Crippen molar-refractivity contribution in [2.75, 3.05) is 13.9 Å². The molecule has 6 rings (SSSR count). The van der Waals surface area contributed by atoms with E-state index in [4.69, 9.17) is 42.5 Å². The number of benzene rings is 3. The highest BCUT2D eigenvalue weighted by Gasteiger charge is 2.27. The molecule has 0 saturated carbocycles. The molecule has 7 nitrogen and oxygen atoms in total. The van der Waals surface area contributed by atoms with Crippen LogP contribution in [0.25, 0.3) is 17.5 Å². The maximum Gasteiger partial charge on any atom is 0.231 e. The van der Waals surface area contributed by atoms with Crippen molar-refractivity contribution in [1.82, 2.24) is 14.9 Å². The summed E-state index contributed by atoms with van der Waals surface area (Å²) in [5.74, 6) is 1.95. The van der Waals surface area contributed by atoms with Crippen molar-refractivity contribution in [2.24, 2.45) is 5.10 Å². The first-order valence-corrected chi connectivity index (χ1v) is 12.2. The summed E-state index contributed by atoms with van der Waals surface area (Å²) in [6.07, 6.45) is 1.90. The Hall–Kier alpha value is -3.53. The van der Waals surface area contributed by atoms with Gasteiger partial charge in [-0.1, -0.05) is 29.3 Å². The Balaban J connectivity index is 1.50. The number of hydrogen-bond acceptors (Lipinski definition) is 7. The Bertz CT molecular complexity index is 1570. The van der Waals surface area contributed by atoms with E-state index in [0.717, 1.165) is 11.1 Å². The lowest BCUT2D eigenvalue weighted by Gasteiger charge is -2.18. The van der Waals surface area contributed by atoms with Gasteiger partial charge in [0.05, 0.1) is 17.2 Å². The van der Waals surface area contributed by atoms with Gasteiger partial charge >= 0.3 is 0 Å². The molecule has 0 N–H and O–H groups in total. The standard InChI is InChI=1S/C25H15Cl2FN4O3S/c1-33-15-5-3-14(4-6-15)24-29-30-25-32(24)31-23(16-10-19(28)18(27)11-17(16)26)22(36-25)9-13-2-7-20-21(8-13)35-12-34-20/h2-11H,12H2,1H3/b22-9-. The largest absolute Gasteiger partial charge is 0.497 e. The number of thioether (sulfide) groups is 1. The molecule has 2 aliphatic heterocycles. The zero-order valence-electron chi connectivity index (χ0n) is 18.5. The second kappa shape index (κ2) is 9.16. The first kappa shape index (κ1) is 22.9. The Labute approximate surface area is 219 Å². The SMILES string of the molecule is COc1ccc(-c2nnc3n2N=C(c2cc(F)c(Cl)cc2Cl)/C(=C/c2ccc4c(c2)OCO4)S3)cc1. The van der Waals surface area contributed by atoms with Gasteiger partial charge in [-0.3, -0.25) is 0 Å². The van der Waals surface area contributed by atoms with E-state index in [1.54, 1.807) is 11.8 Å². The van der Waals surface area contributed by atoms with Crippen LogP contribution in [0.3, 0.4) is 0 Å². The van der Waals surface area contributed by atoms with Gasteiger partial charge in [-0.05, 0) is 71.9 Å². The number of fused-ring (bicyclic) bond motifs is 2. The molecule has 36 heavy (non-hydrogen) atoms. The minimum atomic E-state index is -0.601. The van der Waals surface area contributed by atoms with Gasteiger partial charge in [-0.2, -0.15) is 9.78 Å². The normalized spacial score (nSPS) is 15.1. The van der Waals surface area contributed by atoms with Crippen molar-refractivity contribution < 1.29 is 18.6 Å². The minimum Gasteiger partial charge on any atom is -0.497 e. The summed E-state index contributed by atoms with van der Waals surface area (Å²) in [5.41, 5.74) is 2.46. The number of nitrogens with zero attached hydrogens (tertiary/aromatic N) is 4. The molecule has 4 aromatic rings. The highest BCUT2D eigenvalue weighted by molar-refractivity contribution is 8.04. The van der Waals surface area contributed by atoms with Gasteiger partial charge in [0.1, 0.15) is 17.3 Å². The maximum absolute atomic E-state index is 14.5. The van der Waals surface area contributed by atoms with Crippen LogP contribution >= 0.6 is 35.0 Å². The van der Waals surface area contributed by atoms with E-state index in [0.29, 0.717) is 44.4 Å². The summed E-state index contributed by atoms with van der Waals surface area (Å²) in [4.78, 5) is 0.693. The molecule has 11 heteroatoms. The van der Waals surface area contributed by atoms with E-state index >= 15 is 0 Å². The van der Waals surface area contributed by atoms with Gasteiger partial charge < -0.3 is 14.2 Å². The second-order valence-electron chi connectivity index (χ2n) is 7.76. The molecule has 0 amide bonds. The molecular weight excluding hydrogens is 526 g/mol. The zero-order valence-corrected chi connectivity index (χ0v) is 20.9. The molecule has 0 unspecified atom stereocenters. The molecule has 0 aliphatic carbocycles. The van der Waals surface area contributed by atoms with Crippen LogP contribution in [-0.2, 0) is 0 Å². The van der Waals surface area contributed by atoms with Gasteiger partial charge in [0.25, 0.3) is 0 Å². The Kier molecular flexibility index (Phi) is 5.83. The minimum absolute atomic E-state index is 0.0713. The van der Waals surface area contributed by atoms with Crippen molar-refractivity contribution >= 4 is 46.8 Å². The molecular formula is C25H15Cl2FN4O3S. The molecule has 0 bridgehead atoms. The summed E-state index contributed by atoms with van der Waals surface area (Å²) in [7, 11) is 1.60. The Morgan fingerprint density at radius 1 is 1.00 bits per heavy atom. The third kappa shape index (κ3) is 4.09. The third-order valence-corrected chi connectivity index (χ3v) is 7.13. The highest BCUT2D eigenvalue weighted by atomic mass is 35.5. The van der Waals surface area contributed by atoms with Gasteiger partial charge in [-0.25, -0.2) is 4.39 Å². The van der Waals surface area contributed by atoms with Crippen LogP contribution in [0.5, 0.6) is 17.2 Å². The van der Waals surface area contributed by atoms with E-state index in [-0.39, 0.29) is 16.8 Å². The molecule has 2 aliphatic rings. The number of allylic oxidation sites excluding steroid dienone is 1. The van der Waals surface area contributed by atoms with Crippen LogP contribution in [-0.4, -0.2) is 34.5 Å². The fraction of sp³-hybridized carbons (Fsp3) is 0.0800. The average Bonchev–Trinajstić information content (AvgIpc) is 3.52. The van der Waals surface area contributed by atoms with Crippen LogP contribution in [0.1, 0.15) is 11.1 Å². The van der Waals surface area contributed by atoms with Crippen LogP contribution in [0.15, 0.2) is 69.8 Å².